The molecule has 108 valence electrons. The molecule has 1 fully saturated rings. The molecule has 0 aliphatic carbocycles. The maximum Gasteiger partial charge on any atom is 0.274 e. The van der Waals surface area contributed by atoms with E-state index in [9.17, 15) is 14.9 Å². The molecule has 1 atom stereocenters. The third-order valence-corrected chi connectivity index (χ3v) is 3.88. The summed E-state index contributed by atoms with van der Waals surface area (Å²) in [4.78, 5) is 24.1. The van der Waals surface area contributed by atoms with E-state index in [1.807, 2.05) is 0 Å². The van der Waals surface area contributed by atoms with Crippen LogP contribution in [0.1, 0.15) is 42.1 Å². The van der Waals surface area contributed by atoms with Gasteiger partial charge in [0, 0.05) is 29.8 Å². The molecule has 1 aliphatic rings. The Balaban J connectivity index is 2.26. The van der Waals surface area contributed by atoms with Gasteiger partial charge < -0.3 is 5.73 Å². The lowest BCUT2D eigenvalue weighted by atomic mass is 10.0. The van der Waals surface area contributed by atoms with Crippen molar-refractivity contribution in [2.24, 2.45) is 5.73 Å². The maximum absolute atomic E-state index is 11.2. The summed E-state index contributed by atoms with van der Waals surface area (Å²) < 4.78 is 0. The topological polar surface area (TPSA) is 89.5 Å². The Labute approximate surface area is 117 Å². The summed E-state index contributed by atoms with van der Waals surface area (Å²) in [6, 6.07) is 4.89. The number of hydrogen-bond donors (Lipinski definition) is 1. The lowest BCUT2D eigenvalue weighted by Gasteiger charge is -2.33. The summed E-state index contributed by atoms with van der Waals surface area (Å²) in [5.41, 5.74) is 5.94. The number of rotatable bonds is 4. The molecule has 1 saturated heterocycles. The van der Waals surface area contributed by atoms with Gasteiger partial charge in [-0.2, -0.15) is 0 Å². The molecule has 0 spiro atoms. The molecule has 0 unspecified atom stereocenters. The fourth-order valence-corrected chi connectivity index (χ4v) is 2.63. The van der Waals surface area contributed by atoms with Gasteiger partial charge in [-0.3, -0.25) is 19.8 Å². The fourth-order valence-electron chi connectivity index (χ4n) is 2.63. The van der Waals surface area contributed by atoms with Crippen molar-refractivity contribution in [1.82, 2.24) is 4.90 Å². The van der Waals surface area contributed by atoms with Crippen molar-refractivity contribution in [3.8, 4) is 0 Å². The lowest BCUT2D eigenvalue weighted by molar-refractivity contribution is -0.385. The first kappa shape index (κ1) is 14.5. The van der Waals surface area contributed by atoms with Crippen molar-refractivity contribution in [3.63, 3.8) is 0 Å². The Kier molecular flexibility index (Phi) is 4.34. The zero-order valence-corrected chi connectivity index (χ0v) is 11.5. The first-order valence-electron chi connectivity index (χ1n) is 6.80. The normalized spacial score (nSPS) is 19.8. The predicted octanol–water partition coefficient (Wildman–Crippen LogP) is 2.07. The van der Waals surface area contributed by atoms with E-state index in [2.05, 4.69) is 11.8 Å². The number of primary amides is 1. The molecular formula is C14H19N3O3. The monoisotopic (exact) mass is 277 g/mol. The van der Waals surface area contributed by atoms with Crippen LogP contribution < -0.4 is 5.73 Å². The molecule has 2 N–H and O–H groups in total. The average Bonchev–Trinajstić information content (AvgIpc) is 2.41. The second kappa shape index (κ2) is 6.00. The summed E-state index contributed by atoms with van der Waals surface area (Å²) in [6.07, 6.45) is 3.45. The second-order valence-corrected chi connectivity index (χ2v) is 5.28. The summed E-state index contributed by atoms with van der Waals surface area (Å²) in [5, 5.41) is 11.2. The van der Waals surface area contributed by atoms with Gasteiger partial charge in [-0.25, -0.2) is 0 Å². The minimum atomic E-state index is -0.647. The highest BCUT2D eigenvalue weighted by molar-refractivity contribution is 5.93. The largest absolute Gasteiger partial charge is 0.366 e. The standard InChI is InChI=1S/C14H19N3O3/c1-10-4-2-3-7-16(10)9-12-6-5-11(14(15)18)8-13(12)17(19)20/h5-6,8,10H,2-4,7,9H2,1H3,(H2,15,18)/t10-/m0/s1. The highest BCUT2D eigenvalue weighted by Crippen LogP contribution is 2.25. The Morgan fingerprint density at radius 3 is 2.85 bits per heavy atom. The molecule has 6 nitrogen and oxygen atoms in total. The van der Waals surface area contributed by atoms with Gasteiger partial charge in [-0.15, -0.1) is 0 Å². The number of nitrogens with two attached hydrogens (primary N) is 1. The number of carbonyl (C=O) groups excluding carboxylic acids is 1. The number of likely N-dealkylation sites (tertiary alicyclic amines) is 1. The number of carbonyl (C=O) groups is 1. The van der Waals surface area contributed by atoms with Gasteiger partial charge in [-0.05, 0) is 32.4 Å². The number of hydrogen-bond acceptors (Lipinski definition) is 4. The SMILES string of the molecule is C[C@H]1CCCCN1Cc1ccc(C(N)=O)cc1[N+](=O)[O-]. The summed E-state index contributed by atoms with van der Waals surface area (Å²) in [5.74, 6) is -0.647. The van der Waals surface area contributed by atoms with Gasteiger partial charge >= 0.3 is 0 Å². The van der Waals surface area contributed by atoms with Crippen molar-refractivity contribution in [3.05, 3.63) is 39.4 Å². The quantitative estimate of drug-likeness (QED) is 0.674. The number of amides is 1. The van der Waals surface area contributed by atoms with E-state index in [0.29, 0.717) is 18.2 Å². The smallest absolute Gasteiger partial charge is 0.274 e. The molecule has 0 bridgehead atoms. The van der Waals surface area contributed by atoms with Crippen LogP contribution in [0, 0.1) is 10.1 Å². The summed E-state index contributed by atoms with van der Waals surface area (Å²) in [7, 11) is 0. The Morgan fingerprint density at radius 1 is 1.50 bits per heavy atom. The van der Waals surface area contributed by atoms with Crippen molar-refractivity contribution >= 4 is 11.6 Å². The zero-order chi connectivity index (χ0) is 14.7. The zero-order valence-electron chi connectivity index (χ0n) is 11.5. The van der Waals surface area contributed by atoms with Crippen molar-refractivity contribution in [2.45, 2.75) is 38.8 Å². The third kappa shape index (κ3) is 3.14. The van der Waals surface area contributed by atoms with Gasteiger partial charge in [0.05, 0.1) is 4.92 Å². The maximum atomic E-state index is 11.2. The number of piperidine rings is 1. The molecule has 1 aromatic carbocycles. The van der Waals surface area contributed by atoms with Crippen LogP contribution in [0.2, 0.25) is 0 Å². The average molecular weight is 277 g/mol. The molecule has 1 aromatic rings. The fraction of sp³-hybridized carbons (Fsp3) is 0.500. The van der Waals surface area contributed by atoms with Gasteiger partial charge in [0.15, 0.2) is 0 Å². The number of nitro groups is 1. The van der Waals surface area contributed by atoms with Crippen LogP contribution in [0.15, 0.2) is 18.2 Å². The summed E-state index contributed by atoms with van der Waals surface area (Å²) in [6.45, 7) is 3.63. The molecular weight excluding hydrogens is 258 g/mol. The van der Waals surface area contributed by atoms with Crippen LogP contribution in [-0.2, 0) is 6.54 Å². The molecule has 0 radical (unpaired) electrons. The van der Waals surface area contributed by atoms with E-state index in [1.54, 1.807) is 12.1 Å². The second-order valence-electron chi connectivity index (χ2n) is 5.28. The van der Waals surface area contributed by atoms with Crippen LogP contribution in [0.5, 0.6) is 0 Å². The van der Waals surface area contributed by atoms with Crippen molar-refractivity contribution < 1.29 is 9.72 Å². The van der Waals surface area contributed by atoms with E-state index in [1.165, 1.54) is 12.5 Å². The minimum absolute atomic E-state index is 0.0286. The summed E-state index contributed by atoms with van der Waals surface area (Å²) >= 11 is 0. The van der Waals surface area contributed by atoms with Crippen LogP contribution in [0.4, 0.5) is 5.69 Å². The molecule has 0 aromatic heterocycles. The highest BCUT2D eigenvalue weighted by atomic mass is 16.6. The number of nitro benzene ring substituents is 1. The van der Waals surface area contributed by atoms with Crippen LogP contribution in [0.3, 0.4) is 0 Å². The highest BCUT2D eigenvalue weighted by Gasteiger charge is 2.23. The van der Waals surface area contributed by atoms with E-state index in [4.69, 9.17) is 5.73 Å². The molecule has 6 heteroatoms. The lowest BCUT2D eigenvalue weighted by Crippen LogP contribution is -2.36. The Hall–Kier alpha value is -1.95. The van der Waals surface area contributed by atoms with Crippen molar-refractivity contribution in [2.75, 3.05) is 6.54 Å². The molecule has 1 amide bonds. The first-order chi connectivity index (χ1) is 9.49. The molecule has 20 heavy (non-hydrogen) atoms. The molecule has 1 heterocycles. The minimum Gasteiger partial charge on any atom is -0.366 e. The van der Waals surface area contributed by atoms with E-state index in [0.717, 1.165) is 19.4 Å². The molecule has 1 aliphatic heterocycles. The van der Waals surface area contributed by atoms with Crippen LogP contribution >= 0.6 is 0 Å². The number of benzene rings is 1. The van der Waals surface area contributed by atoms with Gasteiger partial charge in [0.2, 0.25) is 5.91 Å². The molecule has 0 saturated carbocycles. The number of nitrogens with zero attached hydrogens (tertiary/aromatic N) is 2. The van der Waals surface area contributed by atoms with Gasteiger partial charge in [-0.1, -0.05) is 12.5 Å². The van der Waals surface area contributed by atoms with Gasteiger partial charge in [0.25, 0.3) is 5.69 Å². The Bertz CT molecular complexity index is 530. The van der Waals surface area contributed by atoms with E-state index >= 15 is 0 Å². The van der Waals surface area contributed by atoms with Crippen LogP contribution in [0.25, 0.3) is 0 Å². The van der Waals surface area contributed by atoms with Crippen LogP contribution in [-0.4, -0.2) is 28.3 Å². The van der Waals surface area contributed by atoms with Crippen molar-refractivity contribution in [1.29, 1.82) is 0 Å². The van der Waals surface area contributed by atoms with E-state index in [-0.39, 0.29) is 11.3 Å². The van der Waals surface area contributed by atoms with E-state index < -0.39 is 10.8 Å². The predicted molar refractivity (Wildman–Crippen MR) is 75.3 cm³/mol. The first-order valence-corrected chi connectivity index (χ1v) is 6.80. The van der Waals surface area contributed by atoms with Gasteiger partial charge in [0.1, 0.15) is 0 Å². The third-order valence-electron chi connectivity index (χ3n) is 3.88. The Morgan fingerprint density at radius 2 is 2.25 bits per heavy atom. The molecule has 2 rings (SSSR count).